The molecule has 1 heterocycles. The van der Waals surface area contributed by atoms with Crippen molar-refractivity contribution in [3.63, 3.8) is 0 Å². The number of carbonyl (C=O) groups excluding carboxylic acids is 1. The summed E-state index contributed by atoms with van der Waals surface area (Å²) in [6.45, 7) is 4.56. The normalized spacial score (nSPS) is 14.7. The van der Waals surface area contributed by atoms with Gasteiger partial charge in [-0.1, -0.05) is 0 Å². The zero-order valence-electron chi connectivity index (χ0n) is 10.6. The van der Waals surface area contributed by atoms with E-state index < -0.39 is 4.92 Å². The van der Waals surface area contributed by atoms with Gasteiger partial charge in [0.15, 0.2) is 0 Å². The molecule has 1 aromatic rings. The zero-order chi connectivity index (χ0) is 13.1. The Morgan fingerprint density at radius 2 is 1.95 bits per heavy atom. The van der Waals surface area contributed by atoms with Crippen LogP contribution >= 0.6 is 12.4 Å². The summed E-state index contributed by atoms with van der Waals surface area (Å²) in [6, 6.07) is 4.50. The lowest BCUT2D eigenvalue weighted by Gasteiger charge is -2.27. The molecule has 0 aromatic heterocycles. The van der Waals surface area contributed by atoms with Crippen LogP contribution in [0.15, 0.2) is 18.2 Å². The summed E-state index contributed by atoms with van der Waals surface area (Å²) in [4.78, 5) is 24.2. The minimum absolute atomic E-state index is 0. The Morgan fingerprint density at radius 3 is 2.53 bits per heavy atom. The summed E-state index contributed by atoms with van der Waals surface area (Å²) >= 11 is 0. The number of amides is 1. The Morgan fingerprint density at radius 1 is 1.32 bits per heavy atom. The van der Waals surface area contributed by atoms with Crippen molar-refractivity contribution in [3.8, 4) is 0 Å². The van der Waals surface area contributed by atoms with E-state index in [1.54, 1.807) is 17.9 Å². The van der Waals surface area contributed by atoms with Crippen LogP contribution in [0.2, 0.25) is 0 Å². The van der Waals surface area contributed by atoms with Crippen LogP contribution in [0.3, 0.4) is 0 Å². The van der Waals surface area contributed by atoms with Crippen molar-refractivity contribution >= 4 is 24.0 Å². The maximum absolute atomic E-state index is 12.2. The van der Waals surface area contributed by atoms with Gasteiger partial charge in [0.2, 0.25) is 0 Å². The van der Waals surface area contributed by atoms with E-state index in [1.807, 2.05) is 0 Å². The maximum Gasteiger partial charge on any atom is 0.270 e. The van der Waals surface area contributed by atoms with E-state index in [4.69, 9.17) is 0 Å². The molecular weight excluding hydrogens is 270 g/mol. The van der Waals surface area contributed by atoms with E-state index in [0.29, 0.717) is 18.7 Å². The summed E-state index contributed by atoms with van der Waals surface area (Å²) in [5.41, 5.74) is 1.08. The smallest absolute Gasteiger partial charge is 0.270 e. The van der Waals surface area contributed by atoms with E-state index in [9.17, 15) is 14.9 Å². The first-order valence-electron chi connectivity index (χ1n) is 5.84. The van der Waals surface area contributed by atoms with Gasteiger partial charge in [0.25, 0.3) is 11.6 Å². The molecule has 1 saturated heterocycles. The van der Waals surface area contributed by atoms with Crippen LogP contribution in [0, 0.1) is 17.0 Å². The van der Waals surface area contributed by atoms with Gasteiger partial charge in [-0.3, -0.25) is 14.9 Å². The third-order valence-corrected chi connectivity index (χ3v) is 2.92. The van der Waals surface area contributed by atoms with Gasteiger partial charge >= 0.3 is 0 Å². The van der Waals surface area contributed by atoms with Gasteiger partial charge in [0, 0.05) is 43.9 Å². The first-order valence-corrected chi connectivity index (χ1v) is 5.84. The van der Waals surface area contributed by atoms with Crippen LogP contribution < -0.4 is 5.32 Å². The molecule has 6 nitrogen and oxygen atoms in total. The Bertz CT molecular complexity index is 487. The number of piperazine rings is 1. The fourth-order valence-electron chi connectivity index (χ4n) is 2.04. The van der Waals surface area contributed by atoms with Crippen LogP contribution in [-0.4, -0.2) is 41.9 Å². The van der Waals surface area contributed by atoms with E-state index in [2.05, 4.69) is 5.32 Å². The summed E-state index contributed by atoms with van der Waals surface area (Å²) in [5.74, 6) is -0.136. The molecule has 0 unspecified atom stereocenters. The Balaban J connectivity index is 0.00000180. The number of hydrogen-bond donors (Lipinski definition) is 1. The van der Waals surface area contributed by atoms with Crippen molar-refractivity contribution < 1.29 is 9.72 Å². The van der Waals surface area contributed by atoms with Gasteiger partial charge in [0.05, 0.1) is 4.92 Å². The maximum atomic E-state index is 12.2. The monoisotopic (exact) mass is 285 g/mol. The van der Waals surface area contributed by atoms with Crippen molar-refractivity contribution in [2.24, 2.45) is 0 Å². The van der Waals surface area contributed by atoms with Crippen LogP contribution in [0.1, 0.15) is 15.9 Å². The molecule has 1 amide bonds. The van der Waals surface area contributed by atoms with Crippen LogP contribution in [-0.2, 0) is 0 Å². The highest BCUT2D eigenvalue weighted by atomic mass is 35.5. The average Bonchev–Trinajstić information content (AvgIpc) is 2.38. The van der Waals surface area contributed by atoms with Gasteiger partial charge in [-0.2, -0.15) is 0 Å². The SMILES string of the molecule is Cc1cc(C(=O)N2CCNCC2)cc([N+](=O)[O-])c1.Cl. The lowest BCUT2D eigenvalue weighted by atomic mass is 10.1. The van der Waals surface area contributed by atoms with Crippen molar-refractivity contribution in [1.82, 2.24) is 10.2 Å². The highest BCUT2D eigenvalue weighted by Gasteiger charge is 2.20. The van der Waals surface area contributed by atoms with E-state index in [1.165, 1.54) is 12.1 Å². The van der Waals surface area contributed by atoms with Crippen molar-refractivity contribution in [1.29, 1.82) is 0 Å². The van der Waals surface area contributed by atoms with E-state index in [-0.39, 0.29) is 24.0 Å². The predicted molar refractivity (Wildman–Crippen MR) is 73.9 cm³/mol. The second-order valence-electron chi connectivity index (χ2n) is 4.36. The fourth-order valence-corrected chi connectivity index (χ4v) is 2.04. The molecule has 1 aromatic carbocycles. The van der Waals surface area contributed by atoms with Crippen LogP contribution in [0.25, 0.3) is 0 Å². The summed E-state index contributed by atoms with van der Waals surface area (Å²) < 4.78 is 0. The van der Waals surface area contributed by atoms with Gasteiger partial charge in [-0.15, -0.1) is 12.4 Å². The molecule has 1 aliphatic rings. The number of non-ortho nitro benzene ring substituents is 1. The van der Waals surface area contributed by atoms with Gasteiger partial charge in [-0.25, -0.2) is 0 Å². The second kappa shape index (κ2) is 6.49. The molecule has 2 rings (SSSR count). The summed E-state index contributed by atoms with van der Waals surface area (Å²) in [5, 5.41) is 13.9. The second-order valence-corrected chi connectivity index (χ2v) is 4.36. The fraction of sp³-hybridized carbons (Fsp3) is 0.417. The lowest BCUT2D eigenvalue weighted by Crippen LogP contribution is -2.46. The Kier molecular flexibility index (Phi) is 5.26. The number of hydrogen-bond acceptors (Lipinski definition) is 4. The molecular formula is C12H16ClN3O3. The number of rotatable bonds is 2. The number of nitro benzene ring substituents is 1. The summed E-state index contributed by atoms with van der Waals surface area (Å²) in [7, 11) is 0. The largest absolute Gasteiger partial charge is 0.336 e. The third kappa shape index (κ3) is 3.65. The Labute approximate surface area is 117 Å². The van der Waals surface area contributed by atoms with Gasteiger partial charge in [-0.05, 0) is 18.6 Å². The highest BCUT2D eigenvalue weighted by Crippen LogP contribution is 2.18. The number of halogens is 1. The molecule has 0 spiro atoms. The van der Waals surface area contributed by atoms with Crippen molar-refractivity contribution in [3.05, 3.63) is 39.4 Å². The van der Waals surface area contributed by atoms with Crippen molar-refractivity contribution in [2.45, 2.75) is 6.92 Å². The predicted octanol–water partition coefficient (Wildman–Crippen LogP) is 1.37. The quantitative estimate of drug-likeness (QED) is 0.658. The van der Waals surface area contributed by atoms with Crippen molar-refractivity contribution in [2.75, 3.05) is 26.2 Å². The Hall–Kier alpha value is -1.66. The molecule has 1 N–H and O–H groups in total. The minimum atomic E-state index is -0.471. The molecule has 0 saturated carbocycles. The molecule has 104 valence electrons. The number of carbonyl (C=O) groups is 1. The minimum Gasteiger partial charge on any atom is -0.336 e. The topological polar surface area (TPSA) is 75.5 Å². The van der Waals surface area contributed by atoms with Crippen LogP contribution in [0.4, 0.5) is 5.69 Å². The molecule has 0 aliphatic carbocycles. The van der Waals surface area contributed by atoms with Gasteiger partial charge < -0.3 is 10.2 Å². The highest BCUT2D eigenvalue weighted by molar-refractivity contribution is 5.95. The third-order valence-electron chi connectivity index (χ3n) is 2.92. The standard InChI is InChI=1S/C12H15N3O3.ClH/c1-9-6-10(8-11(7-9)15(17)18)12(16)14-4-2-13-3-5-14;/h6-8,13H,2-5H2,1H3;1H. The number of nitro groups is 1. The summed E-state index contributed by atoms with van der Waals surface area (Å²) in [6.07, 6.45) is 0. The molecule has 1 fully saturated rings. The lowest BCUT2D eigenvalue weighted by molar-refractivity contribution is -0.384. The molecule has 0 bridgehead atoms. The molecule has 1 aliphatic heterocycles. The number of aryl methyl sites for hydroxylation is 1. The molecule has 0 atom stereocenters. The van der Waals surface area contributed by atoms with Gasteiger partial charge in [0.1, 0.15) is 0 Å². The average molecular weight is 286 g/mol. The molecule has 19 heavy (non-hydrogen) atoms. The first kappa shape index (κ1) is 15.4. The zero-order valence-corrected chi connectivity index (χ0v) is 11.4. The van der Waals surface area contributed by atoms with Crippen LogP contribution in [0.5, 0.6) is 0 Å². The number of nitrogens with zero attached hydrogens (tertiary/aromatic N) is 2. The number of nitrogens with one attached hydrogen (secondary N) is 1. The molecule has 0 radical (unpaired) electrons. The van der Waals surface area contributed by atoms with E-state index in [0.717, 1.165) is 18.7 Å². The number of benzene rings is 1. The molecule has 7 heteroatoms. The van der Waals surface area contributed by atoms with E-state index >= 15 is 0 Å². The first-order chi connectivity index (χ1) is 8.58.